The SMILES string of the molecule is COC(=O)[C@@](Nc1ccc(Br)cc1)(c1ccccc1)[C@@H](NS(=O)(=O)c1ccc(C)cc1)c1ccc(Br)cc1. The highest BCUT2D eigenvalue weighted by molar-refractivity contribution is 9.10. The summed E-state index contributed by atoms with van der Waals surface area (Å²) in [5.41, 5.74) is 0.921. The summed E-state index contributed by atoms with van der Waals surface area (Å²) in [5.74, 6) is -0.661. The molecule has 0 saturated heterocycles. The Morgan fingerprint density at radius 3 is 1.92 bits per heavy atom. The van der Waals surface area contributed by atoms with Gasteiger partial charge in [0.2, 0.25) is 10.0 Å². The first-order valence-electron chi connectivity index (χ1n) is 11.7. The molecule has 0 fully saturated rings. The van der Waals surface area contributed by atoms with E-state index in [4.69, 9.17) is 4.74 Å². The zero-order valence-electron chi connectivity index (χ0n) is 20.7. The van der Waals surface area contributed by atoms with Gasteiger partial charge in [0.1, 0.15) is 0 Å². The smallest absolute Gasteiger partial charge is 0.338 e. The van der Waals surface area contributed by atoms with Crippen LogP contribution in [-0.4, -0.2) is 21.5 Å². The van der Waals surface area contributed by atoms with E-state index < -0.39 is 27.6 Å². The summed E-state index contributed by atoms with van der Waals surface area (Å²) < 4.78 is 37.4. The number of sulfonamides is 1. The van der Waals surface area contributed by atoms with Gasteiger partial charge in [0, 0.05) is 14.6 Å². The van der Waals surface area contributed by atoms with Crippen LogP contribution in [0.5, 0.6) is 0 Å². The second kappa shape index (κ2) is 11.8. The molecule has 0 radical (unpaired) electrons. The maximum atomic E-state index is 13.9. The predicted octanol–water partition coefficient (Wildman–Crippen LogP) is 6.72. The Morgan fingerprint density at radius 1 is 0.816 bits per heavy atom. The lowest BCUT2D eigenvalue weighted by molar-refractivity contribution is -0.147. The number of aryl methyl sites for hydroxylation is 1. The van der Waals surface area contributed by atoms with Crippen LogP contribution < -0.4 is 10.0 Å². The number of benzene rings is 4. The van der Waals surface area contributed by atoms with Crippen molar-refractivity contribution in [1.82, 2.24) is 4.72 Å². The lowest BCUT2D eigenvalue weighted by Gasteiger charge is -2.40. The van der Waals surface area contributed by atoms with E-state index in [2.05, 4.69) is 41.9 Å². The molecule has 38 heavy (non-hydrogen) atoms. The van der Waals surface area contributed by atoms with Crippen LogP contribution in [0.1, 0.15) is 22.7 Å². The van der Waals surface area contributed by atoms with Gasteiger partial charge in [-0.05, 0) is 66.6 Å². The van der Waals surface area contributed by atoms with Gasteiger partial charge in [-0.25, -0.2) is 17.9 Å². The Hall–Kier alpha value is -2.98. The van der Waals surface area contributed by atoms with Gasteiger partial charge < -0.3 is 10.1 Å². The Bertz CT molecular complexity index is 1500. The molecule has 0 unspecified atom stereocenters. The second-order valence-electron chi connectivity index (χ2n) is 8.72. The standard InChI is InChI=1S/C29H26Br2N2O4S/c1-20-8-18-26(19-9-20)38(35,36)33-27(21-10-12-23(30)13-11-21)29(28(34)37-2,22-6-4-3-5-7-22)32-25-16-14-24(31)15-17-25/h3-19,27,32-33H,1-2H3/t27-,29+/m0/s1. The minimum absolute atomic E-state index is 0.0840. The number of hydrogen-bond donors (Lipinski definition) is 2. The van der Waals surface area contributed by atoms with Crippen LogP contribution >= 0.6 is 31.9 Å². The number of ether oxygens (including phenoxy) is 1. The predicted molar refractivity (Wildman–Crippen MR) is 156 cm³/mol. The third kappa shape index (κ3) is 6.02. The molecule has 6 nitrogen and oxygen atoms in total. The third-order valence-electron chi connectivity index (χ3n) is 6.16. The fourth-order valence-corrected chi connectivity index (χ4v) is 6.01. The summed E-state index contributed by atoms with van der Waals surface area (Å²) in [6.45, 7) is 1.88. The average molecular weight is 658 g/mol. The topological polar surface area (TPSA) is 84.5 Å². The third-order valence-corrected chi connectivity index (χ3v) is 8.66. The number of nitrogens with one attached hydrogen (secondary N) is 2. The number of anilines is 1. The molecule has 0 heterocycles. The molecule has 2 atom stereocenters. The summed E-state index contributed by atoms with van der Waals surface area (Å²) >= 11 is 6.89. The molecule has 0 aromatic heterocycles. The van der Waals surface area contributed by atoms with Crippen molar-refractivity contribution in [2.45, 2.75) is 23.4 Å². The molecular weight excluding hydrogens is 632 g/mol. The highest BCUT2D eigenvalue weighted by atomic mass is 79.9. The molecule has 196 valence electrons. The zero-order chi connectivity index (χ0) is 27.3. The highest BCUT2D eigenvalue weighted by Gasteiger charge is 2.51. The van der Waals surface area contributed by atoms with Gasteiger partial charge in [0.05, 0.1) is 18.0 Å². The molecule has 0 aliphatic carbocycles. The first-order chi connectivity index (χ1) is 18.2. The van der Waals surface area contributed by atoms with E-state index in [0.29, 0.717) is 16.8 Å². The Kier molecular flexibility index (Phi) is 8.72. The number of esters is 1. The first-order valence-corrected chi connectivity index (χ1v) is 14.7. The van der Waals surface area contributed by atoms with Crippen LogP contribution in [0.2, 0.25) is 0 Å². The van der Waals surface area contributed by atoms with E-state index in [1.54, 1.807) is 84.9 Å². The van der Waals surface area contributed by atoms with Crippen molar-refractivity contribution in [1.29, 1.82) is 0 Å². The van der Waals surface area contributed by atoms with E-state index >= 15 is 0 Å². The quantitative estimate of drug-likeness (QED) is 0.195. The highest BCUT2D eigenvalue weighted by Crippen LogP contribution is 2.41. The van der Waals surface area contributed by atoms with Crippen molar-refractivity contribution in [3.05, 3.63) is 129 Å². The first kappa shape index (κ1) is 28.0. The van der Waals surface area contributed by atoms with Gasteiger partial charge in [-0.2, -0.15) is 0 Å². The number of rotatable bonds is 9. The molecule has 9 heteroatoms. The van der Waals surface area contributed by atoms with E-state index in [0.717, 1.165) is 14.5 Å². The summed E-state index contributed by atoms with van der Waals surface area (Å²) in [5, 5.41) is 3.35. The number of hydrogen-bond acceptors (Lipinski definition) is 5. The van der Waals surface area contributed by atoms with Crippen molar-refractivity contribution in [2.24, 2.45) is 0 Å². The fraction of sp³-hybridized carbons (Fsp3) is 0.138. The molecule has 0 aliphatic heterocycles. The second-order valence-corrected chi connectivity index (χ2v) is 12.3. The zero-order valence-corrected chi connectivity index (χ0v) is 24.7. The normalized spacial score (nSPS) is 13.8. The Balaban J connectivity index is 1.98. The summed E-state index contributed by atoms with van der Waals surface area (Å²) in [6, 6.07) is 28.8. The van der Waals surface area contributed by atoms with E-state index in [9.17, 15) is 13.2 Å². The molecule has 4 aromatic carbocycles. The molecule has 0 amide bonds. The van der Waals surface area contributed by atoms with Crippen LogP contribution in [0, 0.1) is 6.92 Å². The molecule has 0 aliphatic rings. The maximum absolute atomic E-state index is 13.9. The van der Waals surface area contributed by atoms with Crippen molar-refractivity contribution in [3.8, 4) is 0 Å². The molecule has 2 N–H and O–H groups in total. The largest absolute Gasteiger partial charge is 0.467 e. The minimum Gasteiger partial charge on any atom is -0.467 e. The minimum atomic E-state index is -4.08. The molecule has 0 spiro atoms. The van der Waals surface area contributed by atoms with E-state index in [1.165, 1.54) is 7.11 Å². The van der Waals surface area contributed by atoms with Gasteiger partial charge in [0.15, 0.2) is 5.54 Å². The van der Waals surface area contributed by atoms with Gasteiger partial charge in [-0.3, -0.25) is 0 Å². The van der Waals surface area contributed by atoms with Crippen LogP contribution in [0.4, 0.5) is 5.69 Å². The molecular formula is C29H26Br2N2O4S. The summed E-state index contributed by atoms with van der Waals surface area (Å²) in [4.78, 5) is 14.0. The summed E-state index contributed by atoms with van der Waals surface area (Å²) in [6.07, 6.45) is 0. The molecule has 4 rings (SSSR count). The Morgan fingerprint density at radius 2 is 1.37 bits per heavy atom. The lowest BCUT2D eigenvalue weighted by atomic mass is 9.79. The number of halogens is 2. The van der Waals surface area contributed by atoms with Crippen molar-refractivity contribution < 1.29 is 17.9 Å². The Labute approximate surface area is 239 Å². The molecule has 4 aromatic rings. The van der Waals surface area contributed by atoms with Gasteiger partial charge >= 0.3 is 5.97 Å². The van der Waals surface area contributed by atoms with Crippen LogP contribution in [0.15, 0.2) is 117 Å². The van der Waals surface area contributed by atoms with Gasteiger partial charge in [-0.15, -0.1) is 0 Å². The van der Waals surface area contributed by atoms with Gasteiger partial charge in [-0.1, -0.05) is 92.0 Å². The lowest BCUT2D eigenvalue weighted by Crippen LogP contribution is -2.54. The monoisotopic (exact) mass is 656 g/mol. The van der Waals surface area contributed by atoms with Crippen molar-refractivity contribution >= 4 is 53.5 Å². The van der Waals surface area contributed by atoms with Crippen LogP contribution in [0.3, 0.4) is 0 Å². The van der Waals surface area contributed by atoms with Crippen LogP contribution in [0.25, 0.3) is 0 Å². The fourth-order valence-electron chi connectivity index (χ4n) is 4.22. The van der Waals surface area contributed by atoms with Gasteiger partial charge in [0.25, 0.3) is 0 Å². The van der Waals surface area contributed by atoms with Crippen molar-refractivity contribution in [2.75, 3.05) is 12.4 Å². The van der Waals surface area contributed by atoms with E-state index in [-0.39, 0.29) is 4.90 Å². The number of methoxy groups -OCH3 is 1. The molecule has 0 saturated carbocycles. The van der Waals surface area contributed by atoms with Crippen molar-refractivity contribution in [3.63, 3.8) is 0 Å². The number of carbonyl (C=O) groups excluding carboxylic acids is 1. The molecule has 0 bridgehead atoms. The summed E-state index contributed by atoms with van der Waals surface area (Å²) in [7, 11) is -2.80. The van der Waals surface area contributed by atoms with Crippen LogP contribution in [-0.2, 0) is 25.1 Å². The van der Waals surface area contributed by atoms with E-state index in [1.807, 2.05) is 25.1 Å². The maximum Gasteiger partial charge on any atom is 0.338 e. The average Bonchev–Trinajstić information content (AvgIpc) is 2.92. The number of carbonyl (C=O) groups is 1.